The van der Waals surface area contributed by atoms with Gasteiger partial charge in [-0.1, -0.05) is 0 Å². The number of anilines is 2. The Labute approximate surface area is 153 Å². The molecule has 2 amide bonds. The summed E-state index contributed by atoms with van der Waals surface area (Å²) in [7, 11) is -3.85. The van der Waals surface area contributed by atoms with E-state index in [4.69, 9.17) is 4.74 Å². The Morgan fingerprint density at radius 2 is 1.96 bits per heavy atom. The molecule has 0 radical (unpaired) electrons. The van der Waals surface area contributed by atoms with Gasteiger partial charge in [-0.2, -0.15) is 0 Å². The molecule has 0 unspecified atom stereocenters. The number of sulfone groups is 1. The summed E-state index contributed by atoms with van der Waals surface area (Å²) in [5.74, 6) is -2.97. The zero-order valence-corrected chi connectivity index (χ0v) is 14.6. The molecule has 1 aliphatic heterocycles. The molecule has 0 atom stereocenters. The topological polar surface area (TPSA) is 102 Å². The van der Waals surface area contributed by atoms with E-state index in [2.05, 4.69) is 10.6 Å². The Hall–Kier alpha value is -3.01. The molecule has 1 heterocycles. The monoisotopic (exact) mass is 396 g/mol. The minimum Gasteiger partial charge on any atom is -0.482 e. The van der Waals surface area contributed by atoms with E-state index in [9.17, 15) is 26.8 Å². The molecule has 0 bridgehead atoms. The molecular weight excluding hydrogens is 382 g/mol. The molecule has 0 aliphatic carbocycles. The molecular formula is C17H14F2N2O5S. The smallest absolute Gasteiger partial charge is 0.262 e. The van der Waals surface area contributed by atoms with E-state index < -0.39 is 45.5 Å². The number of carbonyl (C=O) groups is 2. The zero-order chi connectivity index (χ0) is 19.6. The highest BCUT2D eigenvalue weighted by molar-refractivity contribution is 7.91. The molecule has 2 N–H and O–H groups in total. The largest absolute Gasteiger partial charge is 0.482 e. The average Bonchev–Trinajstić information content (AvgIpc) is 2.62. The van der Waals surface area contributed by atoms with Gasteiger partial charge in [-0.05, 0) is 30.3 Å². The second-order valence-electron chi connectivity index (χ2n) is 5.74. The summed E-state index contributed by atoms with van der Waals surface area (Å²) in [6.45, 7) is -0.157. The lowest BCUT2D eigenvalue weighted by atomic mass is 10.2. The first-order valence-electron chi connectivity index (χ1n) is 7.79. The van der Waals surface area contributed by atoms with E-state index in [0.717, 1.165) is 18.2 Å². The van der Waals surface area contributed by atoms with Gasteiger partial charge in [0.05, 0.1) is 22.0 Å². The molecule has 0 aromatic heterocycles. The van der Waals surface area contributed by atoms with E-state index in [1.807, 2.05) is 0 Å². The van der Waals surface area contributed by atoms with Crippen LogP contribution in [0.25, 0.3) is 0 Å². The van der Waals surface area contributed by atoms with Gasteiger partial charge in [-0.25, -0.2) is 17.2 Å². The van der Waals surface area contributed by atoms with Crippen LogP contribution in [0.2, 0.25) is 0 Å². The maximum absolute atomic E-state index is 13.5. The molecule has 0 spiro atoms. The number of nitrogens with one attached hydrogen (secondary N) is 2. The quantitative estimate of drug-likeness (QED) is 0.806. The van der Waals surface area contributed by atoms with Crippen molar-refractivity contribution in [2.24, 2.45) is 0 Å². The summed E-state index contributed by atoms with van der Waals surface area (Å²) in [6.07, 6.45) is -0.460. The van der Waals surface area contributed by atoms with Crippen LogP contribution in [0.1, 0.15) is 6.42 Å². The van der Waals surface area contributed by atoms with Crippen LogP contribution in [0.15, 0.2) is 41.3 Å². The number of amides is 2. The van der Waals surface area contributed by atoms with Crippen LogP contribution in [-0.2, 0) is 19.4 Å². The van der Waals surface area contributed by atoms with Crippen molar-refractivity contribution in [3.63, 3.8) is 0 Å². The lowest BCUT2D eigenvalue weighted by Crippen LogP contribution is -2.25. The van der Waals surface area contributed by atoms with Gasteiger partial charge >= 0.3 is 0 Å². The van der Waals surface area contributed by atoms with E-state index in [1.165, 1.54) is 18.2 Å². The molecule has 0 fully saturated rings. The fourth-order valence-corrected chi connectivity index (χ4v) is 3.67. The van der Waals surface area contributed by atoms with Crippen molar-refractivity contribution in [1.29, 1.82) is 0 Å². The highest BCUT2D eigenvalue weighted by Gasteiger charge is 2.22. The van der Waals surface area contributed by atoms with E-state index >= 15 is 0 Å². The third-order valence-corrected chi connectivity index (χ3v) is 5.46. The Morgan fingerprint density at radius 1 is 1.19 bits per heavy atom. The van der Waals surface area contributed by atoms with Crippen LogP contribution in [0.5, 0.6) is 5.75 Å². The third kappa shape index (κ3) is 4.40. The first-order valence-corrected chi connectivity index (χ1v) is 9.44. The van der Waals surface area contributed by atoms with Crippen molar-refractivity contribution < 1.29 is 31.5 Å². The van der Waals surface area contributed by atoms with Crippen molar-refractivity contribution >= 4 is 33.0 Å². The maximum atomic E-state index is 13.5. The van der Waals surface area contributed by atoms with Crippen molar-refractivity contribution in [1.82, 2.24) is 0 Å². The van der Waals surface area contributed by atoms with Gasteiger partial charge < -0.3 is 15.4 Å². The minimum atomic E-state index is -3.85. The van der Waals surface area contributed by atoms with Crippen LogP contribution in [0.3, 0.4) is 0 Å². The maximum Gasteiger partial charge on any atom is 0.262 e. The number of hydrogen-bond donors (Lipinski definition) is 2. The molecule has 10 heteroatoms. The number of carbonyl (C=O) groups excluding carboxylic acids is 2. The number of ether oxygens (including phenoxy) is 1. The Kier molecular flexibility index (Phi) is 5.08. The lowest BCUT2D eigenvalue weighted by molar-refractivity contribution is -0.118. The summed E-state index contributed by atoms with van der Waals surface area (Å²) in [5.41, 5.74) is -0.148. The summed E-state index contributed by atoms with van der Waals surface area (Å²) in [5, 5.41) is 4.63. The molecule has 3 rings (SSSR count). The Bertz CT molecular complexity index is 1020. The number of benzene rings is 2. The Balaban J connectivity index is 1.68. The van der Waals surface area contributed by atoms with Gasteiger partial charge in [-0.15, -0.1) is 0 Å². The van der Waals surface area contributed by atoms with E-state index in [-0.39, 0.29) is 22.9 Å². The molecule has 7 nitrogen and oxygen atoms in total. The van der Waals surface area contributed by atoms with Crippen LogP contribution in [-0.4, -0.2) is 32.6 Å². The standard InChI is InChI=1S/C17H14F2N2O5S/c18-10-1-3-12(19)13(7-10)20-16(22)5-6-27(24,25)11-2-4-15-14(8-11)21-17(23)9-26-15/h1-4,7-8H,5-6,9H2,(H,20,22)(H,21,23). The molecule has 2 aromatic rings. The van der Waals surface area contributed by atoms with Gasteiger partial charge in [0.1, 0.15) is 17.4 Å². The number of hydrogen-bond acceptors (Lipinski definition) is 5. The van der Waals surface area contributed by atoms with E-state index in [1.54, 1.807) is 0 Å². The second-order valence-corrected chi connectivity index (χ2v) is 7.85. The van der Waals surface area contributed by atoms with Crippen LogP contribution in [0.4, 0.5) is 20.2 Å². The second kappa shape index (κ2) is 7.31. The van der Waals surface area contributed by atoms with Gasteiger partial charge in [0.25, 0.3) is 5.91 Å². The zero-order valence-electron chi connectivity index (χ0n) is 13.8. The number of rotatable bonds is 5. The predicted octanol–water partition coefficient (Wildman–Crippen LogP) is 2.10. The van der Waals surface area contributed by atoms with Crippen LogP contribution >= 0.6 is 0 Å². The SMILES string of the molecule is O=C(CCS(=O)(=O)c1ccc2c(c1)NC(=O)CO2)Nc1cc(F)ccc1F. The highest BCUT2D eigenvalue weighted by Crippen LogP contribution is 2.30. The molecule has 142 valence electrons. The van der Waals surface area contributed by atoms with Gasteiger partial charge in [0, 0.05) is 12.5 Å². The summed E-state index contributed by atoms with van der Waals surface area (Å²) in [4.78, 5) is 23.1. The summed E-state index contributed by atoms with van der Waals surface area (Å²) in [6, 6.07) is 6.50. The van der Waals surface area contributed by atoms with Gasteiger partial charge in [0.2, 0.25) is 5.91 Å². The average molecular weight is 396 g/mol. The highest BCUT2D eigenvalue weighted by atomic mass is 32.2. The normalized spacial score (nSPS) is 13.3. The van der Waals surface area contributed by atoms with Gasteiger partial charge in [-0.3, -0.25) is 9.59 Å². The summed E-state index contributed by atoms with van der Waals surface area (Å²) < 4.78 is 56.6. The van der Waals surface area contributed by atoms with E-state index in [0.29, 0.717) is 5.75 Å². The Morgan fingerprint density at radius 3 is 2.74 bits per heavy atom. The minimum absolute atomic E-state index is 0.100. The molecule has 0 saturated carbocycles. The molecule has 1 aliphatic rings. The predicted molar refractivity (Wildman–Crippen MR) is 92.2 cm³/mol. The van der Waals surface area contributed by atoms with Crippen molar-refractivity contribution in [3.8, 4) is 5.75 Å². The molecule has 27 heavy (non-hydrogen) atoms. The fourth-order valence-electron chi connectivity index (χ4n) is 2.41. The van der Waals surface area contributed by atoms with Crippen molar-refractivity contribution in [2.75, 3.05) is 23.0 Å². The van der Waals surface area contributed by atoms with Crippen LogP contribution in [0, 0.1) is 11.6 Å². The fraction of sp³-hybridized carbons (Fsp3) is 0.176. The lowest BCUT2D eigenvalue weighted by Gasteiger charge is -2.18. The first kappa shape index (κ1) is 18.8. The van der Waals surface area contributed by atoms with Gasteiger partial charge in [0.15, 0.2) is 16.4 Å². The van der Waals surface area contributed by atoms with Crippen molar-refractivity contribution in [2.45, 2.75) is 11.3 Å². The van der Waals surface area contributed by atoms with Crippen molar-refractivity contribution in [3.05, 3.63) is 48.0 Å². The first-order chi connectivity index (χ1) is 12.7. The molecule has 0 saturated heterocycles. The molecule has 2 aromatic carbocycles. The number of halogens is 2. The summed E-state index contributed by atoms with van der Waals surface area (Å²) >= 11 is 0. The number of fused-ring (bicyclic) bond motifs is 1. The van der Waals surface area contributed by atoms with Crippen LogP contribution < -0.4 is 15.4 Å². The third-order valence-electron chi connectivity index (χ3n) is 3.74.